The van der Waals surface area contributed by atoms with Gasteiger partial charge in [-0.25, -0.2) is 0 Å². The molecule has 0 amide bonds. The zero-order valence-electron chi connectivity index (χ0n) is 22.0. The fourth-order valence-corrected chi connectivity index (χ4v) is 6.98. The number of phenols is 1. The fraction of sp³-hybridized carbons (Fsp3) is 0.536. The third-order valence-electron chi connectivity index (χ3n) is 8.67. The number of carbonyl (C=O) groups excluding carboxylic acids is 3. The maximum atomic E-state index is 14.6. The van der Waals surface area contributed by atoms with Gasteiger partial charge in [0, 0.05) is 17.5 Å². The van der Waals surface area contributed by atoms with Crippen LogP contribution in [0.1, 0.15) is 72.6 Å². The predicted octanol–water partition coefficient (Wildman–Crippen LogP) is 3.11. The molecule has 6 N–H and O–H groups in total. The first-order valence-corrected chi connectivity index (χ1v) is 13.4. The summed E-state index contributed by atoms with van der Waals surface area (Å²) >= 11 is 0. The summed E-state index contributed by atoms with van der Waals surface area (Å²) in [5.74, 6) is -8.02. The van der Waals surface area contributed by atoms with Gasteiger partial charge in [-0.3, -0.25) is 14.4 Å². The summed E-state index contributed by atoms with van der Waals surface area (Å²) in [7, 11) is 0. The lowest BCUT2D eigenvalue weighted by Gasteiger charge is -2.49. The van der Waals surface area contributed by atoms with Crippen LogP contribution >= 0.6 is 0 Å². The molecule has 1 aliphatic heterocycles. The number of aliphatic hydroxyl groups is 3. The Morgan fingerprint density at radius 1 is 1.23 bits per heavy atom. The van der Waals surface area contributed by atoms with Gasteiger partial charge in [0.1, 0.15) is 22.8 Å². The summed E-state index contributed by atoms with van der Waals surface area (Å²) in [6, 6.07) is -0.937. The van der Waals surface area contributed by atoms with Crippen LogP contribution in [-0.2, 0) is 22.2 Å². The molecule has 5 atom stereocenters. The van der Waals surface area contributed by atoms with Crippen molar-refractivity contribution in [2.24, 2.45) is 11.8 Å². The molecule has 4 aliphatic rings. The normalized spacial score (nSPS) is 30.4. The molecule has 12 heteroatoms. The Kier molecular flexibility index (Phi) is 6.87. The number of nitrogens with one attached hydrogen (secondary N) is 2. The molecule has 1 aromatic rings. The molecule has 9 nitrogen and oxygen atoms in total. The molecular weight excluding hydrogens is 533 g/mol. The number of ketones is 3. The average Bonchev–Trinajstić information content (AvgIpc) is 3.40. The highest BCUT2D eigenvalue weighted by atomic mass is 19.4. The van der Waals surface area contributed by atoms with E-state index in [9.17, 15) is 48.0 Å². The first-order chi connectivity index (χ1) is 18.7. The molecule has 0 aromatic heterocycles. The van der Waals surface area contributed by atoms with Crippen molar-refractivity contribution in [1.82, 2.24) is 10.6 Å². The van der Waals surface area contributed by atoms with Crippen molar-refractivity contribution in [1.29, 1.82) is 0 Å². The maximum absolute atomic E-state index is 14.6. The van der Waals surface area contributed by atoms with Crippen molar-refractivity contribution < 1.29 is 48.0 Å². The van der Waals surface area contributed by atoms with Crippen LogP contribution in [-0.4, -0.2) is 62.5 Å². The lowest BCUT2D eigenvalue weighted by atomic mass is 9.58. The third-order valence-corrected chi connectivity index (χ3v) is 8.67. The van der Waals surface area contributed by atoms with Crippen LogP contribution in [0, 0.1) is 11.8 Å². The van der Waals surface area contributed by atoms with Crippen molar-refractivity contribution in [2.45, 2.75) is 69.8 Å². The molecule has 0 saturated carbocycles. The highest BCUT2D eigenvalue weighted by Crippen LogP contribution is 2.54. The van der Waals surface area contributed by atoms with Gasteiger partial charge < -0.3 is 31.1 Å². The van der Waals surface area contributed by atoms with Gasteiger partial charge in [0.15, 0.2) is 17.2 Å². The summed E-state index contributed by atoms with van der Waals surface area (Å²) in [6.07, 6.45) is -3.91. The molecular formula is C28H31F3N2O7. The topological polar surface area (TPSA) is 156 Å². The maximum Gasteiger partial charge on any atom is 0.417 e. The lowest BCUT2D eigenvalue weighted by Crippen LogP contribution is -2.63. The second kappa shape index (κ2) is 9.71. The van der Waals surface area contributed by atoms with Crippen LogP contribution in [0.4, 0.5) is 13.2 Å². The van der Waals surface area contributed by atoms with Gasteiger partial charge >= 0.3 is 6.18 Å². The Hall–Kier alpha value is -3.22. The number of halogens is 3. The number of Topliss-reactive ketones (excluding diaryl/α,β-unsaturated/α-hetero) is 3. The molecule has 5 rings (SSSR count). The van der Waals surface area contributed by atoms with Crippen LogP contribution in [0.25, 0.3) is 0 Å². The Labute approximate surface area is 227 Å². The number of hydrogen-bond acceptors (Lipinski definition) is 9. The highest BCUT2D eigenvalue weighted by molar-refractivity contribution is 6.25. The van der Waals surface area contributed by atoms with Crippen molar-refractivity contribution >= 4 is 17.3 Å². The van der Waals surface area contributed by atoms with E-state index in [1.165, 1.54) is 0 Å². The van der Waals surface area contributed by atoms with E-state index >= 15 is 0 Å². The average molecular weight is 565 g/mol. The van der Waals surface area contributed by atoms with Crippen LogP contribution in [0.15, 0.2) is 28.7 Å². The van der Waals surface area contributed by atoms with E-state index in [1.807, 2.05) is 6.92 Å². The lowest BCUT2D eigenvalue weighted by molar-refractivity contribution is -0.146. The largest absolute Gasteiger partial charge is 0.510 e. The second-order valence-electron chi connectivity index (χ2n) is 11.0. The number of allylic oxidation sites excluding steroid dienone is 1. The van der Waals surface area contributed by atoms with Gasteiger partial charge in [-0.1, -0.05) is 6.92 Å². The van der Waals surface area contributed by atoms with E-state index < -0.39 is 105 Å². The van der Waals surface area contributed by atoms with Gasteiger partial charge in [-0.15, -0.1) is 0 Å². The number of aromatic hydroxyl groups is 1. The molecule has 1 saturated heterocycles. The van der Waals surface area contributed by atoms with Gasteiger partial charge in [-0.05, 0) is 75.2 Å². The monoisotopic (exact) mass is 564 g/mol. The van der Waals surface area contributed by atoms with Crippen LogP contribution in [0.3, 0.4) is 0 Å². The third kappa shape index (κ3) is 3.99. The molecule has 0 radical (unpaired) electrons. The van der Waals surface area contributed by atoms with Gasteiger partial charge in [0.25, 0.3) is 0 Å². The molecule has 0 bridgehead atoms. The minimum Gasteiger partial charge on any atom is -0.510 e. The van der Waals surface area contributed by atoms with Crippen LogP contribution < -0.4 is 10.6 Å². The van der Waals surface area contributed by atoms with E-state index in [1.54, 1.807) is 0 Å². The predicted molar refractivity (Wildman–Crippen MR) is 135 cm³/mol. The molecule has 1 heterocycles. The number of aliphatic hydroxyl groups excluding tert-OH is 2. The number of fused-ring (bicyclic) bond motifs is 3. The molecule has 40 heavy (non-hydrogen) atoms. The molecule has 1 fully saturated rings. The minimum absolute atomic E-state index is 0.167. The zero-order chi connectivity index (χ0) is 29.3. The van der Waals surface area contributed by atoms with Crippen molar-refractivity contribution in [2.75, 3.05) is 13.1 Å². The van der Waals surface area contributed by atoms with Gasteiger partial charge in [0.05, 0.1) is 17.2 Å². The van der Waals surface area contributed by atoms with E-state index in [0.29, 0.717) is 25.8 Å². The Balaban J connectivity index is 1.72. The number of carbonyl (C=O) groups is 3. The van der Waals surface area contributed by atoms with E-state index in [4.69, 9.17) is 0 Å². The van der Waals surface area contributed by atoms with Crippen molar-refractivity contribution in [3.63, 3.8) is 0 Å². The summed E-state index contributed by atoms with van der Waals surface area (Å²) in [4.78, 5) is 39.4. The Bertz CT molecular complexity index is 1380. The highest BCUT2D eigenvalue weighted by Gasteiger charge is 2.63. The standard InChI is InChI=1S/C28H31F3N2O7/c1-3-6-33-22-15-9-12-8-14-20(17(35)10-13(16-5-4-7-32-16)21(14)28(29,30)31)23(36)19(12)26(39)27(15,40)25(38)18(11(2)34)24(22)37/h10,12,15-16,22,32-33,35,37,39-40H,3-9H2,1-2H3/t12-,15-,16?,22-,27+/m0/s1. The van der Waals surface area contributed by atoms with Crippen LogP contribution in [0.2, 0.25) is 0 Å². The number of phenolic OH excluding ortho intramolecular Hbond substituents is 1. The summed E-state index contributed by atoms with van der Waals surface area (Å²) in [5.41, 5.74) is -6.21. The fourth-order valence-electron chi connectivity index (χ4n) is 6.98. The first kappa shape index (κ1) is 28.3. The van der Waals surface area contributed by atoms with Gasteiger partial charge in [-0.2, -0.15) is 13.2 Å². The minimum atomic E-state index is -4.86. The smallest absolute Gasteiger partial charge is 0.417 e. The number of hydrogen-bond donors (Lipinski definition) is 6. The van der Waals surface area contributed by atoms with Crippen molar-refractivity contribution in [3.05, 3.63) is 51.0 Å². The summed E-state index contributed by atoms with van der Waals surface area (Å²) in [6.45, 7) is 3.61. The Morgan fingerprint density at radius 3 is 2.50 bits per heavy atom. The number of benzene rings is 1. The molecule has 216 valence electrons. The van der Waals surface area contributed by atoms with E-state index in [2.05, 4.69) is 10.6 Å². The van der Waals surface area contributed by atoms with E-state index in [-0.39, 0.29) is 18.5 Å². The first-order valence-electron chi connectivity index (χ1n) is 13.4. The number of rotatable bonds is 5. The summed E-state index contributed by atoms with van der Waals surface area (Å²) in [5, 5.41) is 50.7. The molecule has 0 spiro atoms. The second-order valence-corrected chi connectivity index (χ2v) is 11.0. The van der Waals surface area contributed by atoms with Gasteiger partial charge in [0.2, 0.25) is 5.78 Å². The van der Waals surface area contributed by atoms with Crippen molar-refractivity contribution in [3.8, 4) is 5.75 Å². The number of alkyl halides is 3. The SMILES string of the molecule is CCCN[C@@H]1C(O)=C(C(C)=O)C(=O)[C@@]2(O)C(O)=C3C(=O)c4c(O)cc(C5CCCN5)c(C(F)(F)F)c4C[C@H]3C[C@@H]12. The zero-order valence-corrected chi connectivity index (χ0v) is 22.0. The van der Waals surface area contributed by atoms with Crippen LogP contribution in [0.5, 0.6) is 5.75 Å². The molecule has 1 aromatic carbocycles. The summed E-state index contributed by atoms with van der Waals surface area (Å²) < 4.78 is 43.7. The molecule has 3 aliphatic carbocycles. The quantitative estimate of drug-likeness (QED) is 0.296. The Morgan fingerprint density at radius 2 is 1.93 bits per heavy atom. The van der Waals surface area contributed by atoms with E-state index in [0.717, 1.165) is 13.0 Å². The molecule has 1 unspecified atom stereocenters.